The smallest absolute Gasteiger partial charge is 0.416 e. The normalized spacial score (nSPS) is 11.1. The number of methoxy groups -OCH3 is 1. The summed E-state index contributed by atoms with van der Waals surface area (Å²) in [4.78, 5) is 37.8. The van der Waals surface area contributed by atoms with Gasteiger partial charge >= 0.3 is 12.2 Å². The first-order valence-electron chi connectivity index (χ1n) is 11.5. The fourth-order valence-corrected chi connectivity index (χ4v) is 3.93. The van der Waals surface area contributed by atoms with Gasteiger partial charge in [0.1, 0.15) is 11.5 Å². The maximum Gasteiger partial charge on any atom is 0.416 e. The molecule has 4 aromatic rings. The van der Waals surface area contributed by atoms with Crippen molar-refractivity contribution in [2.24, 2.45) is 0 Å². The number of alkyl halides is 3. The standard InChI is InChI=1S/C28H22F3N3O5/c1-15-20-9-4-3-6-16(20)12-21(24(15)35)26(37)33-22-11-10-17(13-23(22)39-2)25(36)34-27(38)32-19-8-5-7-18(14-19)28(29,30)31/h3-14,35H,1-2H3,(H,33,37)(H2,32,34,36,38). The van der Waals surface area contributed by atoms with Crippen LogP contribution in [0.3, 0.4) is 0 Å². The van der Waals surface area contributed by atoms with Crippen LogP contribution in [0, 0.1) is 6.92 Å². The minimum atomic E-state index is -4.59. The van der Waals surface area contributed by atoms with Crippen LogP contribution < -0.4 is 20.7 Å². The highest BCUT2D eigenvalue weighted by molar-refractivity contribution is 6.11. The van der Waals surface area contributed by atoms with Crippen molar-refractivity contribution in [3.8, 4) is 11.5 Å². The van der Waals surface area contributed by atoms with Crippen LogP contribution in [-0.2, 0) is 6.18 Å². The Morgan fingerprint density at radius 1 is 0.872 bits per heavy atom. The molecular weight excluding hydrogens is 515 g/mol. The summed E-state index contributed by atoms with van der Waals surface area (Å²) in [6.07, 6.45) is -4.59. The number of hydrogen-bond donors (Lipinski definition) is 4. The SMILES string of the molecule is COc1cc(C(=O)NC(=O)Nc2cccc(C(F)(F)F)c2)ccc1NC(=O)c1cc2ccccc2c(C)c1O. The van der Waals surface area contributed by atoms with Crippen molar-refractivity contribution in [1.29, 1.82) is 0 Å². The van der Waals surface area contributed by atoms with Crippen LogP contribution in [0.1, 0.15) is 31.8 Å². The lowest BCUT2D eigenvalue weighted by Crippen LogP contribution is -2.34. The van der Waals surface area contributed by atoms with Gasteiger partial charge in [-0.25, -0.2) is 4.79 Å². The molecule has 4 aromatic carbocycles. The van der Waals surface area contributed by atoms with Crippen LogP contribution in [0.4, 0.5) is 29.3 Å². The topological polar surface area (TPSA) is 117 Å². The molecule has 0 unspecified atom stereocenters. The monoisotopic (exact) mass is 537 g/mol. The number of fused-ring (bicyclic) bond motifs is 1. The Morgan fingerprint density at radius 2 is 1.62 bits per heavy atom. The number of carbonyl (C=O) groups excluding carboxylic acids is 3. The zero-order chi connectivity index (χ0) is 28.3. The number of rotatable bonds is 5. The molecule has 0 aliphatic heterocycles. The Hall–Kier alpha value is -5.06. The fourth-order valence-electron chi connectivity index (χ4n) is 3.93. The van der Waals surface area contributed by atoms with Crippen LogP contribution in [0.2, 0.25) is 0 Å². The van der Waals surface area contributed by atoms with Crippen LogP contribution in [0.15, 0.2) is 72.8 Å². The van der Waals surface area contributed by atoms with E-state index in [0.29, 0.717) is 5.56 Å². The quantitative estimate of drug-likeness (QED) is 0.246. The van der Waals surface area contributed by atoms with Gasteiger partial charge in [-0.05, 0) is 65.7 Å². The third kappa shape index (κ3) is 5.93. The molecule has 0 saturated carbocycles. The number of carbonyl (C=O) groups is 3. The number of urea groups is 1. The van der Waals surface area contributed by atoms with Crippen LogP contribution >= 0.6 is 0 Å². The van der Waals surface area contributed by atoms with Gasteiger partial charge in [0.15, 0.2) is 0 Å². The predicted molar refractivity (Wildman–Crippen MR) is 139 cm³/mol. The molecule has 0 atom stereocenters. The number of ether oxygens (including phenoxy) is 1. The number of imide groups is 1. The molecule has 0 spiro atoms. The number of anilines is 2. The lowest BCUT2D eigenvalue weighted by Gasteiger charge is -2.14. The minimum Gasteiger partial charge on any atom is -0.507 e. The third-order valence-corrected chi connectivity index (χ3v) is 5.91. The van der Waals surface area contributed by atoms with E-state index in [1.165, 1.54) is 31.4 Å². The molecule has 0 saturated heterocycles. The van der Waals surface area contributed by atoms with Crippen molar-refractivity contribution in [3.63, 3.8) is 0 Å². The molecule has 0 aliphatic rings. The van der Waals surface area contributed by atoms with E-state index in [1.54, 1.807) is 13.0 Å². The van der Waals surface area contributed by atoms with Crippen LogP contribution in [0.5, 0.6) is 11.5 Å². The third-order valence-electron chi connectivity index (χ3n) is 5.91. The Labute approximate surface area is 220 Å². The molecule has 4 rings (SSSR count). The summed E-state index contributed by atoms with van der Waals surface area (Å²) in [5.41, 5.74) is -0.354. The summed E-state index contributed by atoms with van der Waals surface area (Å²) in [5, 5.41) is 19.0. The summed E-state index contributed by atoms with van der Waals surface area (Å²) < 4.78 is 43.9. The van der Waals surface area contributed by atoms with Crippen molar-refractivity contribution < 1.29 is 37.4 Å². The molecule has 39 heavy (non-hydrogen) atoms. The minimum absolute atomic E-state index is 0.0200. The van der Waals surface area contributed by atoms with Crippen molar-refractivity contribution in [2.45, 2.75) is 13.1 Å². The molecule has 200 valence electrons. The van der Waals surface area contributed by atoms with Crippen molar-refractivity contribution in [1.82, 2.24) is 5.32 Å². The lowest BCUT2D eigenvalue weighted by atomic mass is 10.00. The van der Waals surface area contributed by atoms with Gasteiger partial charge in [-0.2, -0.15) is 13.2 Å². The van der Waals surface area contributed by atoms with E-state index >= 15 is 0 Å². The number of aromatic hydroxyl groups is 1. The number of amides is 4. The number of aryl methyl sites for hydroxylation is 1. The largest absolute Gasteiger partial charge is 0.507 e. The molecule has 8 nitrogen and oxygen atoms in total. The lowest BCUT2D eigenvalue weighted by molar-refractivity contribution is -0.137. The molecule has 0 aliphatic carbocycles. The predicted octanol–water partition coefficient (Wildman–Crippen LogP) is 6.10. The Bertz CT molecular complexity index is 1600. The first kappa shape index (κ1) is 27.0. The molecule has 0 heterocycles. The Morgan fingerprint density at radius 3 is 2.33 bits per heavy atom. The summed E-state index contributed by atoms with van der Waals surface area (Å²) in [6.45, 7) is 1.70. The van der Waals surface area contributed by atoms with Crippen molar-refractivity contribution in [3.05, 3.63) is 95.1 Å². The molecule has 11 heteroatoms. The van der Waals surface area contributed by atoms with Crippen LogP contribution in [0.25, 0.3) is 10.8 Å². The number of phenolic OH excluding ortho intramolecular Hbond substituents is 1. The maximum atomic E-state index is 13.0. The summed E-state index contributed by atoms with van der Waals surface area (Å²) in [7, 11) is 1.31. The van der Waals surface area contributed by atoms with E-state index in [2.05, 4.69) is 10.6 Å². The Balaban J connectivity index is 1.48. The highest BCUT2D eigenvalue weighted by Gasteiger charge is 2.30. The number of halogens is 3. The van der Waals surface area contributed by atoms with E-state index in [4.69, 9.17) is 4.74 Å². The van der Waals surface area contributed by atoms with E-state index < -0.39 is 29.6 Å². The fraction of sp³-hybridized carbons (Fsp3) is 0.107. The van der Waals surface area contributed by atoms with Gasteiger partial charge in [-0.15, -0.1) is 0 Å². The van der Waals surface area contributed by atoms with E-state index in [0.717, 1.165) is 29.0 Å². The zero-order valence-corrected chi connectivity index (χ0v) is 20.6. The number of phenols is 1. The maximum absolute atomic E-state index is 13.0. The molecule has 4 amide bonds. The Kier molecular flexibility index (Phi) is 7.43. The average molecular weight is 537 g/mol. The summed E-state index contributed by atoms with van der Waals surface area (Å²) >= 11 is 0. The second-order valence-corrected chi connectivity index (χ2v) is 8.47. The number of benzene rings is 4. The van der Waals surface area contributed by atoms with E-state index in [1.807, 2.05) is 29.6 Å². The van der Waals surface area contributed by atoms with Gasteiger partial charge in [0.2, 0.25) is 0 Å². The molecule has 0 fully saturated rings. The van der Waals surface area contributed by atoms with Crippen molar-refractivity contribution >= 4 is 40.0 Å². The first-order valence-corrected chi connectivity index (χ1v) is 11.5. The van der Waals surface area contributed by atoms with Gasteiger partial charge in [0.05, 0.1) is 23.9 Å². The van der Waals surface area contributed by atoms with Crippen LogP contribution in [-0.4, -0.2) is 30.1 Å². The molecular formula is C28H22F3N3O5. The second kappa shape index (κ2) is 10.7. The van der Waals surface area contributed by atoms with E-state index in [9.17, 15) is 32.7 Å². The molecule has 0 radical (unpaired) electrons. The highest BCUT2D eigenvalue weighted by atomic mass is 19.4. The molecule has 0 aromatic heterocycles. The van der Waals surface area contributed by atoms with Gasteiger partial charge in [-0.3, -0.25) is 14.9 Å². The van der Waals surface area contributed by atoms with Gasteiger partial charge in [0.25, 0.3) is 11.8 Å². The van der Waals surface area contributed by atoms with Crippen molar-refractivity contribution in [2.75, 3.05) is 17.7 Å². The zero-order valence-electron chi connectivity index (χ0n) is 20.6. The van der Waals surface area contributed by atoms with E-state index in [-0.39, 0.29) is 34.0 Å². The summed E-state index contributed by atoms with van der Waals surface area (Å²) in [6, 6.07) is 15.7. The first-order chi connectivity index (χ1) is 18.5. The average Bonchev–Trinajstić information content (AvgIpc) is 2.90. The molecule has 4 N–H and O–H groups in total. The second-order valence-electron chi connectivity index (χ2n) is 8.47. The summed E-state index contributed by atoms with van der Waals surface area (Å²) in [5.74, 6) is -1.56. The highest BCUT2D eigenvalue weighted by Crippen LogP contribution is 2.33. The van der Waals surface area contributed by atoms with Gasteiger partial charge < -0.3 is 20.5 Å². The molecule has 0 bridgehead atoms. The van der Waals surface area contributed by atoms with Gasteiger partial charge in [-0.1, -0.05) is 30.3 Å². The van der Waals surface area contributed by atoms with Gasteiger partial charge in [0, 0.05) is 11.3 Å². The number of nitrogens with one attached hydrogen (secondary N) is 3. The number of hydrogen-bond acceptors (Lipinski definition) is 5.